The van der Waals surface area contributed by atoms with Crippen molar-refractivity contribution < 1.29 is 22.7 Å². The normalized spacial score (nSPS) is 21.0. The minimum atomic E-state index is -3.20. The number of nitrogens with zero attached hydrogens (tertiary/aromatic N) is 2. The quantitative estimate of drug-likeness (QED) is 0.750. The fraction of sp³-hybridized carbons (Fsp3) is 0.632. The van der Waals surface area contributed by atoms with Crippen LogP contribution in [0.5, 0.6) is 0 Å². The first kappa shape index (κ1) is 20.3. The van der Waals surface area contributed by atoms with Crippen LogP contribution in [-0.2, 0) is 24.1 Å². The molecule has 150 valence electrons. The van der Waals surface area contributed by atoms with Gasteiger partial charge < -0.3 is 14.4 Å². The molecule has 2 aliphatic rings. The van der Waals surface area contributed by atoms with Crippen LogP contribution in [0.4, 0.5) is 0 Å². The monoisotopic (exact) mass is 396 g/mol. The average molecular weight is 397 g/mol. The zero-order valence-corrected chi connectivity index (χ0v) is 17.0. The lowest BCUT2D eigenvalue weighted by atomic mass is 10.0. The van der Waals surface area contributed by atoms with Crippen molar-refractivity contribution in [3.8, 4) is 0 Å². The predicted octanol–water partition coefficient (Wildman–Crippen LogP) is 1.45. The number of sulfone groups is 1. The summed E-state index contributed by atoms with van der Waals surface area (Å²) in [5, 5.41) is 0. The smallest absolute Gasteiger partial charge is 0.236 e. The fourth-order valence-corrected chi connectivity index (χ4v) is 4.21. The van der Waals surface area contributed by atoms with Crippen LogP contribution in [0.2, 0.25) is 0 Å². The third kappa shape index (κ3) is 4.68. The largest absolute Gasteiger partial charge is 0.347 e. The fourth-order valence-electron chi connectivity index (χ4n) is 3.58. The van der Waals surface area contributed by atoms with Crippen molar-refractivity contribution >= 4 is 15.7 Å². The summed E-state index contributed by atoms with van der Waals surface area (Å²) in [6.07, 6.45) is 2.62. The van der Waals surface area contributed by atoms with Crippen LogP contribution < -0.4 is 0 Å². The molecule has 2 saturated heterocycles. The van der Waals surface area contributed by atoms with Crippen LogP contribution in [0.1, 0.15) is 31.4 Å². The maximum Gasteiger partial charge on any atom is 0.236 e. The Bertz CT molecular complexity index is 762. The summed E-state index contributed by atoms with van der Waals surface area (Å²) in [7, 11) is -1.30. The number of carbonyl (C=O) groups is 1. The van der Waals surface area contributed by atoms with E-state index in [1.807, 2.05) is 23.8 Å². The number of benzene rings is 1. The van der Waals surface area contributed by atoms with E-state index in [0.29, 0.717) is 50.6 Å². The van der Waals surface area contributed by atoms with E-state index in [1.165, 1.54) is 6.26 Å². The molecule has 7 nitrogen and oxygen atoms in total. The first-order chi connectivity index (χ1) is 12.7. The van der Waals surface area contributed by atoms with Gasteiger partial charge in [-0.15, -0.1) is 0 Å². The Morgan fingerprint density at radius 1 is 1.19 bits per heavy atom. The van der Waals surface area contributed by atoms with Gasteiger partial charge in [0.05, 0.1) is 24.7 Å². The summed E-state index contributed by atoms with van der Waals surface area (Å²) in [5.74, 6) is -0.387. The number of likely N-dealkylation sites (N-methyl/N-ethyl adjacent to an activating group) is 1. The Labute approximate surface area is 161 Å². The molecule has 8 heteroatoms. The van der Waals surface area contributed by atoms with Gasteiger partial charge in [0.2, 0.25) is 5.91 Å². The van der Waals surface area contributed by atoms with Gasteiger partial charge in [0, 0.05) is 38.2 Å². The Balaban J connectivity index is 1.54. The molecule has 2 aliphatic heterocycles. The number of hydrogen-bond donors (Lipinski definition) is 0. The van der Waals surface area contributed by atoms with Gasteiger partial charge in [-0.1, -0.05) is 12.1 Å². The van der Waals surface area contributed by atoms with Crippen molar-refractivity contribution in [3.05, 3.63) is 29.8 Å². The van der Waals surface area contributed by atoms with Crippen molar-refractivity contribution in [2.75, 3.05) is 46.2 Å². The van der Waals surface area contributed by atoms with Crippen LogP contribution in [0.3, 0.4) is 0 Å². The van der Waals surface area contributed by atoms with E-state index in [4.69, 9.17) is 9.47 Å². The number of carbonyl (C=O) groups excluding carboxylic acids is 1. The highest BCUT2D eigenvalue weighted by atomic mass is 32.2. The third-order valence-electron chi connectivity index (χ3n) is 5.53. The number of ether oxygens (including phenoxy) is 2. The molecule has 0 aromatic heterocycles. The number of likely N-dealkylation sites (tertiary alicyclic amines) is 1. The molecule has 3 rings (SSSR count). The van der Waals surface area contributed by atoms with Gasteiger partial charge in [-0.2, -0.15) is 0 Å². The summed E-state index contributed by atoms with van der Waals surface area (Å²) < 4.78 is 34.6. The van der Waals surface area contributed by atoms with Crippen LogP contribution in [0.15, 0.2) is 29.2 Å². The molecular formula is C19H28N2O5S. The van der Waals surface area contributed by atoms with Crippen molar-refractivity contribution in [1.82, 2.24) is 9.80 Å². The minimum Gasteiger partial charge on any atom is -0.347 e. The van der Waals surface area contributed by atoms with Crippen molar-refractivity contribution in [1.29, 1.82) is 0 Å². The Kier molecular flexibility index (Phi) is 5.90. The van der Waals surface area contributed by atoms with Gasteiger partial charge >= 0.3 is 0 Å². The van der Waals surface area contributed by atoms with E-state index in [0.717, 1.165) is 5.56 Å². The summed E-state index contributed by atoms with van der Waals surface area (Å²) in [6.45, 7) is 4.87. The van der Waals surface area contributed by atoms with Crippen LogP contribution >= 0.6 is 0 Å². The zero-order valence-electron chi connectivity index (χ0n) is 16.2. The number of amides is 1. The van der Waals surface area contributed by atoms with E-state index >= 15 is 0 Å². The molecule has 1 aromatic rings. The van der Waals surface area contributed by atoms with Crippen molar-refractivity contribution in [2.24, 2.45) is 0 Å². The van der Waals surface area contributed by atoms with Gasteiger partial charge in [0.15, 0.2) is 15.6 Å². The molecule has 2 heterocycles. The highest BCUT2D eigenvalue weighted by molar-refractivity contribution is 7.90. The van der Waals surface area contributed by atoms with Crippen LogP contribution in [-0.4, -0.2) is 76.1 Å². The topological polar surface area (TPSA) is 76.2 Å². The average Bonchev–Trinajstić information content (AvgIpc) is 3.09. The van der Waals surface area contributed by atoms with Gasteiger partial charge in [0.25, 0.3) is 0 Å². The maximum absolute atomic E-state index is 12.7. The van der Waals surface area contributed by atoms with Gasteiger partial charge in [-0.3, -0.25) is 9.69 Å². The minimum absolute atomic E-state index is 0.000178. The molecule has 0 aliphatic carbocycles. The molecule has 1 aromatic carbocycles. The second-order valence-corrected chi connectivity index (χ2v) is 9.44. The van der Waals surface area contributed by atoms with E-state index in [-0.39, 0.29) is 11.9 Å². The third-order valence-corrected chi connectivity index (χ3v) is 6.66. The van der Waals surface area contributed by atoms with E-state index in [1.54, 1.807) is 24.3 Å². The molecule has 0 saturated carbocycles. The Morgan fingerprint density at radius 3 is 2.26 bits per heavy atom. The summed E-state index contributed by atoms with van der Waals surface area (Å²) in [4.78, 5) is 16.8. The first-order valence-corrected chi connectivity index (χ1v) is 11.2. The van der Waals surface area contributed by atoms with Gasteiger partial charge in [0.1, 0.15) is 0 Å². The summed E-state index contributed by atoms with van der Waals surface area (Å²) in [6, 6.07) is 6.84. The molecule has 0 bridgehead atoms. The molecule has 0 N–H and O–H groups in total. The second-order valence-electron chi connectivity index (χ2n) is 7.42. The zero-order chi connectivity index (χ0) is 19.7. The van der Waals surface area contributed by atoms with Crippen molar-refractivity contribution in [3.63, 3.8) is 0 Å². The summed E-state index contributed by atoms with van der Waals surface area (Å²) >= 11 is 0. The lowest BCUT2D eigenvalue weighted by Gasteiger charge is -2.38. The molecule has 0 unspecified atom stereocenters. The molecule has 27 heavy (non-hydrogen) atoms. The standard InChI is InChI=1S/C19H28N2O5S/c1-15(16-4-6-17(7-5-16)27(3,23)24)20(2)14-18(22)21-10-8-19(9-11-21)25-12-13-26-19/h4-7,15H,8-14H2,1-3H3/t15-/m1/s1. The lowest BCUT2D eigenvalue weighted by molar-refractivity contribution is -0.187. The maximum atomic E-state index is 12.7. The second kappa shape index (κ2) is 7.87. The van der Waals surface area contributed by atoms with Gasteiger partial charge in [-0.05, 0) is 31.7 Å². The predicted molar refractivity (Wildman–Crippen MR) is 101 cm³/mol. The molecule has 1 atom stereocenters. The molecule has 2 fully saturated rings. The van der Waals surface area contributed by atoms with E-state index in [2.05, 4.69) is 0 Å². The highest BCUT2D eigenvalue weighted by Gasteiger charge is 2.40. The van der Waals surface area contributed by atoms with E-state index in [9.17, 15) is 13.2 Å². The number of piperidine rings is 1. The van der Waals surface area contributed by atoms with Crippen LogP contribution in [0.25, 0.3) is 0 Å². The molecule has 0 radical (unpaired) electrons. The van der Waals surface area contributed by atoms with Crippen molar-refractivity contribution in [2.45, 2.75) is 36.5 Å². The lowest BCUT2D eigenvalue weighted by Crippen LogP contribution is -2.49. The molecule has 1 spiro atoms. The highest BCUT2D eigenvalue weighted by Crippen LogP contribution is 2.31. The number of hydrogen-bond acceptors (Lipinski definition) is 6. The first-order valence-electron chi connectivity index (χ1n) is 9.26. The summed E-state index contributed by atoms with van der Waals surface area (Å²) in [5.41, 5.74) is 0.975. The SMILES string of the molecule is C[C@H](c1ccc(S(C)(=O)=O)cc1)N(C)CC(=O)N1CCC2(CC1)OCCO2. The molecular weight excluding hydrogens is 368 g/mol. The van der Waals surface area contributed by atoms with Gasteiger partial charge in [-0.25, -0.2) is 8.42 Å². The van der Waals surface area contributed by atoms with Crippen LogP contribution in [0, 0.1) is 0 Å². The number of rotatable bonds is 5. The van der Waals surface area contributed by atoms with E-state index < -0.39 is 15.6 Å². The molecule has 1 amide bonds. The Hall–Kier alpha value is -1.48. The Morgan fingerprint density at radius 2 is 1.74 bits per heavy atom.